The van der Waals surface area contributed by atoms with Gasteiger partial charge < -0.3 is 15.0 Å². The van der Waals surface area contributed by atoms with Gasteiger partial charge in [0, 0.05) is 29.2 Å². The molecule has 4 nitrogen and oxygen atoms in total. The summed E-state index contributed by atoms with van der Waals surface area (Å²) in [5, 5.41) is 4.81. The molecule has 0 atom stereocenters. The molecule has 134 valence electrons. The summed E-state index contributed by atoms with van der Waals surface area (Å²) < 4.78 is 5.03. The van der Waals surface area contributed by atoms with Crippen molar-refractivity contribution in [3.8, 4) is 0 Å². The average molecular weight is 348 g/mol. The number of rotatable bonds is 8. The molecule has 0 amide bonds. The SMILES string of the molecule is C=CC(=O)OCc1ccc(CNCCc2c(C)[nH]c3ccccc23)cc1. The fourth-order valence-electron chi connectivity index (χ4n) is 3.07. The number of hydrogen-bond donors (Lipinski definition) is 2. The van der Waals surface area contributed by atoms with Crippen LogP contribution < -0.4 is 5.32 Å². The summed E-state index contributed by atoms with van der Waals surface area (Å²) in [4.78, 5) is 14.5. The first-order valence-corrected chi connectivity index (χ1v) is 8.81. The van der Waals surface area contributed by atoms with E-state index in [0.717, 1.165) is 25.1 Å². The van der Waals surface area contributed by atoms with Gasteiger partial charge in [0.1, 0.15) is 6.61 Å². The van der Waals surface area contributed by atoms with Crippen LogP contribution in [-0.2, 0) is 29.1 Å². The molecule has 4 heteroatoms. The number of hydrogen-bond acceptors (Lipinski definition) is 3. The van der Waals surface area contributed by atoms with Crippen molar-refractivity contribution in [2.75, 3.05) is 6.54 Å². The highest BCUT2D eigenvalue weighted by Gasteiger charge is 2.07. The third-order valence-corrected chi connectivity index (χ3v) is 4.48. The van der Waals surface area contributed by atoms with E-state index in [9.17, 15) is 4.79 Å². The lowest BCUT2D eigenvalue weighted by atomic mass is 10.1. The molecule has 0 spiro atoms. The van der Waals surface area contributed by atoms with Crippen LogP contribution in [0.1, 0.15) is 22.4 Å². The smallest absolute Gasteiger partial charge is 0.330 e. The van der Waals surface area contributed by atoms with Crippen molar-refractivity contribution in [2.24, 2.45) is 0 Å². The van der Waals surface area contributed by atoms with Gasteiger partial charge >= 0.3 is 5.97 Å². The number of H-pyrrole nitrogens is 1. The molecule has 26 heavy (non-hydrogen) atoms. The fourth-order valence-corrected chi connectivity index (χ4v) is 3.07. The Hall–Kier alpha value is -2.85. The summed E-state index contributed by atoms with van der Waals surface area (Å²) in [7, 11) is 0. The molecule has 0 saturated heterocycles. The lowest BCUT2D eigenvalue weighted by molar-refractivity contribution is -0.138. The Balaban J connectivity index is 1.48. The van der Waals surface area contributed by atoms with E-state index >= 15 is 0 Å². The zero-order valence-corrected chi connectivity index (χ0v) is 15.0. The average Bonchev–Trinajstić information content (AvgIpc) is 2.99. The first-order chi connectivity index (χ1) is 12.7. The van der Waals surface area contributed by atoms with Gasteiger partial charge in [0.15, 0.2) is 0 Å². The predicted molar refractivity (Wildman–Crippen MR) is 105 cm³/mol. The molecule has 1 aromatic heterocycles. The molecule has 0 fully saturated rings. The molecule has 0 aliphatic heterocycles. The van der Waals surface area contributed by atoms with Crippen LogP contribution in [0.2, 0.25) is 0 Å². The maximum atomic E-state index is 11.1. The van der Waals surface area contributed by atoms with E-state index in [1.54, 1.807) is 0 Å². The first kappa shape index (κ1) is 18.0. The van der Waals surface area contributed by atoms with Crippen LogP contribution in [0.25, 0.3) is 10.9 Å². The lowest BCUT2D eigenvalue weighted by Crippen LogP contribution is -2.16. The molecule has 3 aromatic rings. The number of aromatic nitrogens is 1. The highest BCUT2D eigenvalue weighted by molar-refractivity contribution is 5.84. The van der Waals surface area contributed by atoms with Crippen LogP contribution in [0.4, 0.5) is 0 Å². The largest absolute Gasteiger partial charge is 0.458 e. The predicted octanol–water partition coefficient (Wildman–Crippen LogP) is 4.04. The van der Waals surface area contributed by atoms with Crippen molar-refractivity contribution < 1.29 is 9.53 Å². The van der Waals surface area contributed by atoms with Crippen LogP contribution >= 0.6 is 0 Å². The number of aromatic amines is 1. The second-order valence-corrected chi connectivity index (χ2v) is 6.33. The quantitative estimate of drug-likeness (QED) is 0.367. The Morgan fingerprint density at radius 1 is 1.15 bits per heavy atom. The van der Waals surface area contributed by atoms with Crippen molar-refractivity contribution >= 4 is 16.9 Å². The summed E-state index contributed by atoms with van der Waals surface area (Å²) in [5.41, 5.74) is 6.00. The second kappa shape index (κ2) is 8.50. The molecule has 1 heterocycles. The molecule has 2 aromatic carbocycles. The van der Waals surface area contributed by atoms with E-state index in [2.05, 4.69) is 60.2 Å². The minimum Gasteiger partial charge on any atom is -0.458 e. The highest BCUT2D eigenvalue weighted by atomic mass is 16.5. The van der Waals surface area contributed by atoms with Crippen LogP contribution in [0, 0.1) is 6.92 Å². The third-order valence-electron chi connectivity index (χ3n) is 4.48. The molecular weight excluding hydrogens is 324 g/mol. The van der Waals surface area contributed by atoms with Crippen molar-refractivity contribution in [3.05, 3.63) is 83.6 Å². The Bertz CT molecular complexity index is 894. The molecule has 0 aliphatic rings. The van der Waals surface area contributed by atoms with Gasteiger partial charge in [-0.2, -0.15) is 0 Å². The van der Waals surface area contributed by atoms with Crippen molar-refractivity contribution in [1.29, 1.82) is 0 Å². The van der Waals surface area contributed by atoms with Crippen molar-refractivity contribution in [3.63, 3.8) is 0 Å². The molecule has 0 saturated carbocycles. The highest BCUT2D eigenvalue weighted by Crippen LogP contribution is 2.21. The molecule has 0 radical (unpaired) electrons. The lowest BCUT2D eigenvalue weighted by Gasteiger charge is -2.07. The minimum atomic E-state index is -0.400. The summed E-state index contributed by atoms with van der Waals surface area (Å²) in [6, 6.07) is 16.5. The van der Waals surface area contributed by atoms with Crippen molar-refractivity contribution in [2.45, 2.75) is 26.5 Å². The van der Waals surface area contributed by atoms with Crippen molar-refractivity contribution in [1.82, 2.24) is 10.3 Å². The van der Waals surface area contributed by atoms with Gasteiger partial charge in [-0.05, 0) is 42.6 Å². The Morgan fingerprint density at radius 3 is 2.65 bits per heavy atom. The van der Waals surface area contributed by atoms with Gasteiger partial charge in [-0.15, -0.1) is 0 Å². The topological polar surface area (TPSA) is 54.1 Å². The van der Waals surface area contributed by atoms with Crippen LogP contribution in [0.5, 0.6) is 0 Å². The molecule has 0 aliphatic carbocycles. The van der Waals surface area contributed by atoms with E-state index in [1.165, 1.54) is 33.8 Å². The number of esters is 1. The van der Waals surface area contributed by atoms with E-state index in [0.29, 0.717) is 0 Å². The molecule has 0 bridgehead atoms. The van der Waals surface area contributed by atoms with E-state index in [1.807, 2.05) is 12.1 Å². The zero-order chi connectivity index (χ0) is 18.4. The maximum absolute atomic E-state index is 11.1. The van der Waals surface area contributed by atoms with Crippen LogP contribution in [0.15, 0.2) is 61.2 Å². The standard InChI is InChI=1S/C22H24N2O2/c1-3-22(25)26-15-18-10-8-17(9-11-18)14-23-13-12-19-16(2)24-21-7-5-4-6-20(19)21/h3-11,23-24H,1,12-15H2,2H3. The summed E-state index contributed by atoms with van der Waals surface area (Å²) in [5.74, 6) is -0.400. The Labute approximate surface area is 153 Å². The number of nitrogens with one attached hydrogen (secondary N) is 2. The number of fused-ring (bicyclic) bond motifs is 1. The minimum absolute atomic E-state index is 0.276. The number of carbonyl (C=O) groups is 1. The van der Waals surface area contributed by atoms with Gasteiger partial charge in [0.2, 0.25) is 0 Å². The summed E-state index contributed by atoms with van der Waals surface area (Å²) >= 11 is 0. The third kappa shape index (κ3) is 4.41. The van der Waals surface area contributed by atoms with Crippen LogP contribution in [-0.4, -0.2) is 17.5 Å². The normalized spacial score (nSPS) is 10.8. The fraction of sp³-hybridized carbons (Fsp3) is 0.227. The zero-order valence-electron chi connectivity index (χ0n) is 15.0. The molecular formula is C22H24N2O2. The van der Waals surface area contributed by atoms with E-state index in [4.69, 9.17) is 4.74 Å². The number of ether oxygens (including phenoxy) is 1. The van der Waals surface area contributed by atoms with Gasteiger partial charge in [-0.25, -0.2) is 4.79 Å². The number of aryl methyl sites for hydroxylation is 1. The second-order valence-electron chi connectivity index (χ2n) is 6.33. The number of para-hydroxylation sites is 1. The Morgan fingerprint density at radius 2 is 1.88 bits per heavy atom. The molecule has 0 unspecified atom stereocenters. The van der Waals surface area contributed by atoms with Gasteiger partial charge in [0.25, 0.3) is 0 Å². The van der Waals surface area contributed by atoms with Gasteiger partial charge in [0.05, 0.1) is 0 Å². The van der Waals surface area contributed by atoms with E-state index < -0.39 is 5.97 Å². The van der Waals surface area contributed by atoms with Gasteiger partial charge in [-0.1, -0.05) is 49.0 Å². The number of benzene rings is 2. The monoisotopic (exact) mass is 348 g/mol. The molecule has 3 rings (SSSR count). The Kier molecular flexibility index (Phi) is 5.87. The first-order valence-electron chi connectivity index (χ1n) is 8.81. The van der Waals surface area contributed by atoms with Gasteiger partial charge in [-0.3, -0.25) is 0 Å². The van der Waals surface area contributed by atoms with Crippen LogP contribution in [0.3, 0.4) is 0 Å². The maximum Gasteiger partial charge on any atom is 0.330 e. The van der Waals surface area contributed by atoms with E-state index in [-0.39, 0.29) is 6.61 Å². The summed E-state index contributed by atoms with van der Waals surface area (Å²) in [6.07, 6.45) is 2.17. The summed E-state index contributed by atoms with van der Waals surface area (Å²) in [6.45, 7) is 7.52. The number of carbonyl (C=O) groups excluding carboxylic acids is 1. The molecule has 2 N–H and O–H groups in total.